The third-order valence-electron chi connectivity index (χ3n) is 10.5. The third kappa shape index (κ3) is 4.31. The molecule has 216 valence electrons. The van der Waals surface area contributed by atoms with Crippen LogP contribution in [0.5, 0.6) is 5.75 Å². The van der Waals surface area contributed by atoms with Gasteiger partial charge in [-0.2, -0.15) is 0 Å². The smallest absolute Gasteiger partial charge is 0.130 e. The number of allylic oxidation sites excluding steroid dienone is 6. The van der Waals surface area contributed by atoms with Crippen molar-refractivity contribution in [3.8, 4) is 16.9 Å². The first-order chi connectivity index (χ1) is 21.8. The Hall–Kier alpha value is -4.56. The lowest BCUT2D eigenvalue weighted by atomic mass is 9.75. The summed E-state index contributed by atoms with van der Waals surface area (Å²) in [7, 11) is 0. The molecule has 0 aromatic heterocycles. The summed E-state index contributed by atoms with van der Waals surface area (Å²) in [6.07, 6.45) is 19.4. The molecule has 2 heteroatoms. The number of para-hydroxylation sites is 2. The molecule has 2 nitrogen and oxygen atoms in total. The van der Waals surface area contributed by atoms with Crippen LogP contribution in [0.1, 0.15) is 67.1 Å². The number of anilines is 2. The zero-order valence-electron chi connectivity index (χ0n) is 25.0. The van der Waals surface area contributed by atoms with Gasteiger partial charge in [0.15, 0.2) is 0 Å². The number of benzene rings is 4. The monoisotopic (exact) mass is 571 g/mol. The Balaban J connectivity index is 1.09. The number of hydrogen-bond acceptors (Lipinski definition) is 2. The van der Waals surface area contributed by atoms with Gasteiger partial charge in [-0.05, 0) is 114 Å². The molecular formula is C42H37NO. The van der Waals surface area contributed by atoms with Gasteiger partial charge >= 0.3 is 0 Å². The summed E-state index contributed by atoms with van der Waals surface area (Å²) in [5, 5.41) is 0. The zero-order chi connectivity index (χ0) is 29.0. The van der Waals surface area contributed by atoms with Crippen molar-refractivity contribution in [3.63, 3.8) is 0 Å². The second-order valence-corrected chi connectivity index (χ2v) is 13.0. The first-order valence-electron chi connectivity index (χ1n) is 16.4. The molecule has 0 bridgehead atoms. The average Bonchev–Trinajstić information content (AvgIpc) is 3.64. The molecular weight excluding hydrogens is 534 g/mol. The molecule has 0 amide bonds. The Labute approximate surface area is 260 Å². The molecule has 0 N–H and O–H groups in total. The van der Waals surface area contributed by atoms with E-state index in [1.54, 1.807) is 0 Å². The summed E-state index contributed by atoms with van der Waals surface area (Å²) in [5.41, 5.74) is 12.3. The molecule has 0 saturated heterocycles. The van der Waals surface area contributed by atoms with Crippen LogP contribution in [0, 0.1) is 5.92 Å². The van der Waals surface area contributed by atoms with Crippen LogP contribution in [0.4, 0.5) is 11.4 Å². The fourth-order valence-corrected chi connectivity index (χ4v) is 8.33. The van der Waals surface area contributed by atoms with Crippen molar-refractivity contribution in [2.24, 2.45) is 5.92 Å². The van der Waals surface area contributed by atoms with Gasteiger partial charge in [0.05, 0.1) is 6.04 Å². The number of rotatable bonds is 4. The lowest BCUT2D eigenvalue weighted by Gasteiger charge is -2.33. The van der Waals surface area contributed by atoms with Gasteiger partial charge in [0.2, 0.25) is 0 Å². The van der Waals surface area contributed by atoms with Gasteiger partial charge in [0.1, 0.15) is 11.5 Å². The van der Waals surface area contributed by atoms with Crippen LogP contribution >= 0.6 is 0 Å². The quantitative estimate of drug-likeness (QED) is 0.242. The van der Waals surface area contributed by atoms with Gasteiger partial charge in [-0.15, -0.1) is 0 Å². The van der Waals surface area contributed by atoms with Gasteiger partial charge in [-0.1, -0.05) is 91.0 Å². The SMILES string of the molecule is C1=CC2C(C=C1C1CC=C3Oc4ccccc4C3C1)c1ccccc1N2c1cc(C2=CCCCC2)cc(-c2ccccc2)c1. The Bertz CT molecular complexity index is 1870. The second kappa shape index (κ2) is 10.6. The molecule has 0 radical (unpaired) electrons. The van der Waals surface area contributed by atoms with E-state index in [2.05, 4.69) is 132 Å². The highest BCUT2D eigenvalue weighted by atomic mass is 16.5. The summed E-state index contributed by atoms with van der Waals surface area (Å²) < 4.78 is 6.23. The lowest BCUT2D eigenvalue weighted by molar-refractivity contribution is 0.379. The van der Waals surface area contributed by atoms with Crippen LogP contribution in [0.3, 0.4) is 0 Å². The maximum absolute atomic E-state index is 6.23. The number of nitrogens with zero attached hydrogens (tertiary/aromatic N) is 1. The van der Waals surface area contributed by atoms with Crippen LogP contribution < -0.4 is 9.64 Å². The van der Waals surface area contributed by atoms with Gasteiger partial charge in [0, 0.05) is 28.8 Å². The second-order valence-electron chi connectivity index (χ2n) is 13.0. The van der Waals surface area contributed by atoms with Gasteiger partial charge < -0.3 is 9.64 Å². The molecule has 4 aromatic rings. The maximum atomic E-state index is 6.23. The topological polar surface area (TPSA) is 12.5 Å². The van der Waals surface area contributed by atoms with Crippen molar-refractivity contribution >= 4 is 16.9 Å². The first kappa shape index (κ1) is 25.9. The highest BCUT2D eigenvalue weighted by Gasteiger charge is 2.41. The summed E-state index contributed by atoms with van der Waals surface area (Å²) >= 11 is 0. The van der Waals surface area contributed by atoms with Crippen molar-refractivity contribution in [2.75, 3.05) is 4.90 Å². The van der Waals surface area contributed by atoms with Crippen LogP contribution in [0.15, 0.2) is 139 Å². The third-order valence-corrected chi connectivity index (χ3v) is 10.5. The van der Waals surface area contributed by atoms with Crippen LogP contribution in [-0.4, -0.2) is 6.04 Å². The maximum Gasteiger partial charge on any atom is 0.130 e. The Morgan fingerprint density at radius 2 is 1.55 bits per heavy atom. The van der Waals surface area contributed by atoms with E-state index < -0.39 is 0 Å². The molecule has 0 saturated carbocycles. The van der Waals surface area contributed by atoms with Crippen molar-refractivity contribution < 1.29 is 4.74 Å². The van der Waals surface area contributed by atoms with E-state index in [4.69, 9.17) is 4.74 Å². The van der Waals surface area contributed by atoms with E-state index in [-0.39, 0.29) is 6.04 Å². The standard InChI is InChI=1S/C42H37NO/c1-3-11-28(12-4-1)32-23-33(29-13-5-2-6-14-29)25-34(24-32)43-39-17-9-7-15-35(39)37-26-30(19-21-40(37)43)31-20-22-42-38(27-31)36-16-8-10-18-41(36)44-42/h1,3-4,7-13,15-19,21-26,31,37-38,40H,2,5-6,14,20,27H2. The summed E-state index contributed by atoms with van der Waals surface area (Å²) in [6, 6.07) is 36.1. The first-order valence-corrected chi connectivity index (χ1v) is 16.4. The summed E-state index contributed by atoms with van der Waals surface area (Å²) in [6.45, 7) is 0. The minimum absolute atomic E-state index is 0.264. The Kier molecular flexibility index (Phi) is 6.21. The van der Waals surface area contributed by atoms with Crippen LogP contribution in [0.2, 0.25) is 0 Å². The van der Waals surface area contributed by atoms with Gasteiger partial charge in [-0.3, -0.25) is 0 Å². The van der Waals surface area contributed by atoms with Crippen molar-refractivity contribution in [2.45, 2.75) is 56.4 Å². The zero-order valence-corrected chi connectivity index (χ0v) is 25.0. The number of hydrogen-bond donors (Lipinski definition) is 0. The fraction of sp³-hybridized carbons (Fsp3) is 0.238. The number of ether oxygens (including phenoxy) is 1. The van der Waals surface area contributed by atoms with E-state index in [0.29, 0.717) is 17.8 Å². The van der Waals surface area contributed by atoms with Crippen LogP contribution in [-0.2, 0) is 0 Å². The van der Waals surface area contributed by atoms with Crippen LogP contribution in [0.25, 0.3) is 16.7 Å². The molecule has 0 spiro atoms. The van der Waals surface area contributed by atoms with E-state index in [9.17, 15) is 0 Å². The molecule has 4 unspecified atom stereocenters. The molecule has 44 heavy (non-hydrogen) atoms. The van der Waals surface area contributed by atoms with Crippen molar-refractivity contribution in [3.05, 3.63) is 155 Å². The molecule has 3 aliphatic carbocycles. The Morgan fingerprint density at radius 3 is 2.43 bits per heavy atom. The van der Waals surface area contributed by atoms with E-state index in [1.807, 2.05) is 0 Å². The molecule has 2 heterocycles. The van der Waals surface area contributed by atoms with E-state index in [0.717, 1.165) is 24.4 Å². The molecule has 4 aromatic carbocycles. The minimum Gasteiger partial charge on any atom is -0.461 e. The molecule has 5 aliphatic rings. The number of fused-ring (bicyclic) bond motifs is 6. The van der Waals surface area contributed by atoms with Crippen molar-refractivity contribution in [1.82, 2.24) is 0 Å². The predicted molar refractivity (Wildman–Crippen MR) is 181 cm³/mol. The van der Waals surface area contributed by atoms with E-state index >= 15 is 0 Å². The molecule has 9 rings (SSSR count). The fourth-order valence-electron chi connectivity index (χ4n) is 8.33. The Morgan fingerprint density at radius 1 is 0.727 bits per heavy atom. The largest absolute Gasteiger partial charge is 0.461 e. The predicted octanol–water partition coefficient (Wildman–Crippen LogP) is 10.9. The highest BCUT2D eigenvalue weighted by molar-refractivity contribution is 5.83. The minimum atomic E-state index is 0.264. The average molecular weight is 572 g/mol. The van der Waals surface area contributed by atoms with Gasteiger partial charge in [0.25, 0.3) is 0 Å². The van der Waals surface area contributed by atoms with E-state index in [1.165, 1.54) is 76.0 Å². The molecule has 2 aliphatic heterocycles. The van der Waals surface area contributed by atoms with Crippen molar-refractivity contribution in [1.29, 1.82) is 0 Å². The van der Waals surface area contributed by atoms with Gasteiger partial charge in [-0.25, -0.2) is 0 Å². The summed E-state index contributed by atoms with van der Waals surface area (Å²) in [4.78, 5) is 2.61. The summed E-state index contributed by atoms with van der Waals surface area (Å²) in [5.74, 6) is 3.40. The molecule has 4 atom stereocenters. The normalized spacial score (nSPS) is 24.7. The molecule has 0 fully saturated rings. The lowest BCUT2D eigenvalue weighted by Crippen LogP contribution is -2.30. The highest BCUT2D eigenvalue weighted by Crippen LogP contribution is 2.53.